The molecule has 1 aromatic carbocycles. The van der Waals surface area contributed by atoms with Gasteiger partial charge in [-0.1, -0.05) is 51.5 Å². The van der Waals surface area contributed by atoms with Gasteiger partial charge in [-0.3, -0.25) is 9.69 Å². The van der Waals surface area contributed by atoms with Crippen LogP contribution in [0.2, 0.25) is 0 Å². The van der Waals surface area contributed by atoms with E-state index >= 15 is 0 Å². The van der Waals surface area contributed by atoms with Gasteiger partial charge in [0.05, 0.1) is 6.54 Å². The van der Waals surface area contributed by atoms with Gasteiger partial charge in [0.15, 0.2) is 5.78 Å². The van der Waals surface area contributed by atoms with E-state index in [1.807, 2.05) is 12.1 Å². The molecule has 1 atom stereocenters. The van der Waals surface area contributed by atoms with Crippen molar-refractivity contribution in [1.29, 1.82) is 0 Å². The van der Waals surface area contributed by atoms with Gasteiger partial charge in [-0.05, 0) is 30.4 Å². The molecule has 0 amide bonds. The van der Waals surface area contributed by atoms with Gasteiger partial charge in [0.25, 0.3) is 0 Å². The number of rotatable bonds is 5. The summed E-state index contributed by atoms with van der Waals surface area (Å²) >= 11 is 0. The van der Waals surface area contributed by atoms with Crippen LogP contribution in [-0.4, -0.2) is 30.3 Å². The molecule has 1 aromatic rings. The van der Waals surface area contributed by atoms with Crippen LogP contribution >= 0.6 is 0 Å². The molecule has 0 saturated carbocycles. The summed E-state index contributed by atoms with van der Waals surface area (Å²) in [6, 6.07) is 8.11. The van der Waals surface area contributed by atoms with Gasteiger partial charge < -0.3 is 0 Å². The van der Waals surface area contributed by atoms with Crippen molar-refractivity contribution in [3.8, 4) is 0 Å². The lowest BCUT2D eigenvalue weighted by atomic mass is 10.0. The fourth-order valence-corrected chi connectivity index (χ4v) is 2.74. The number of hydrogen-bond acceptors (Lipinski definition) is 2. The summed E-state index contributed by atoms with van der Waals surface area (Å²) in [5, 5.41) is 0. The Bertz CT molecular complexity index is 421. The smallest absolute Gasteiger partial charge is 0.176 e. The molecule has 0 aromatic heterocycles. The molecular weight excluding hydrogens is 234 g/mol. The van der Waals surface area contributed by atoms with E-state index in [2.05, 4.69) is 37.8 Å². The molecule has 2 nitrogen and oxygen atoms in total. The first-order chi connectivity index (χ1) is 9.10. The minimum atomic E-state index is 0.257. The second-order valence-corrected chi connectivity index (χ2v) is 6.00. The van der Waals surface area contributed by atoms with Gasteiger partial charge in [-0.15, -0.1) is 0 Å². The Morgan fingerprint density at radius 1 is 1.32 bits per heavy atom. The molecule has 0 aliphatic carbocycles. The van der Waals surface area contributed by atoms with E-state index in [0.29, 0.717) is 12.5 Å². The molecule has 2 heteroatoms. The van der Waals surface area contributed by atoms with Gasteiger partial charge in [-0.2, -0.15) is 0 Å². The Morgan fingerprint density at radius 3 is 2.53 bits per heavy atom. The number of nitrogens with zero attached hydrogens (tertiary/aromatic N) is 1. The van der Waals surface area contributed by atoms with Crippen LogP contribution in [0.3, 0.4) is 0 Å². The maximum atomic E-state index is 12.2. The molecule has 1 unspecified atom stereocenters. The van der Waals surface area contributed by atoms with E-state index in [-0.39, 0.29) is 5.78 Å². The Morgan fingerprint density at radius 2 is 2.00 bits per heavy atom. The van der Waals surface area contributed by atoms with Crippen LogP contribution in [0, 0.1) is 5.92 Å². The minimum absolute atomic E-state index is 0.257. The zero-order valence-electron chi connectivity index (χ0n) is 12.4. The molecule has 19 heavy (non-hydrogen) atoms. The second kappa shape index (κ2) is 6.33. The van der Waals surface area contributed by atoms with Gasteiger partial charge in [0, 0.05) is 12.1 Å². The summed E-state index contributed by atoms with van der Waals surface area (Å²) < 4.78 is 0. The van der Waals surface area contributed by atoms with Gasteiger partial charge in [0.1, 0.15) is 0 Å². The molecule has 1 saturated heterocycles. The minimum Gasteiger partial charge on any atom is -0.296 e. The van der Waals surface area contributed by atoms with E-state index in [4.69, 9.17) is 0 Å². The number of carbonyl (C=O) groups excluding carboxylic acids is 1. The lowest BCUT2D eigenvalue weighted by Crippen LogP contribution is -2.27. The van der Waals surface area contributed by atoms with Crippen molar-refractivity contribution in [2.75, 3.05) is 19.6 Å². The van der Waals surface area contributed by atoms with Crippen LogP contribution in [0.4, 0.5) is 0 Å². The third-order valence-electron chi connectivity index (χ3n) is 4.21. The molecule has 0 radical (unpaired) electrons. The van der Waals surface area contributed by atoms with E-state index in [1.165, 1.54) is 18.4 Å². The van der Waals surface area contributed by atoms with Crippen molar-refractivity contribution in [2.45, 2.75) is 39.5 Å². The average molecular weight is 259 g/mol. The van der Waals surface area contributed by atoms with Crippen molar-refractivity contribution < 1.29 is 4.79 Å². The first-order valence-corrected chi connectivity index (χ1v) is 7.45. The number of hydrogen-bond donors (Lipinski definition) is 0. The molecule has 0 N–H and O–H groups in total. The Labute approximate surface area is 116 Å². The predicted molar refractivity (Wildman–Crippen MR) is 79.7 cm³/mol. The zero-order chi connectivity index (χ0) is 13.8. The highest BCUT2D eigenvalue weighted by Crippen LogP contribution is 2.20. The molecule has 1 heterocycles. The number of benzene rings is 1. The SMILES string of the molecule is CCC1CCN(CC(=O)c2ccc(C(C)C)cc2)C1. The number of carbonyl (C=O) groups is 1. The highest BCUT2D eigenvalue weighted by Gasteiger charge is 2.22. The average Bonchev–Trinajstić information content (AvgIpc) is 2.86. The molecule has 1 aliphatic rings. The van der Waals surface area contributed by atoms with Crippen LogP contribution < -0.4 is 0 Å². The van der Waals surface area contributed by atoms with E-state index in [9.17, 15) is 4.79 Å². The first kappa shape index (κ1) is 14.3. The van der Waals surface area contributed by atoms with Gasteiger partial charge >= 0.3 is 0 Å². The monoisotopic (exact) mass is 259 g/mol. The van der Waals surface area contributed by atoms with Crippen LogP contribution in [-0.2, 0) is 0 Å². The number of ketones is 1. The maximum Gasteiger partial charge on any atom is 0.176 e. The van der Waals surface area contributed by atoms with E-state index in [1.54, 1.807) is 0 Å². The summed E-state index contributed by atoms with van der Waals surface area (Å²) in [5.74, 6) is 1.57. The Hall–Kier alpha value is -1.15. The molecule has 2 rings (SSSR count). The number of likely N-dealkylation sites (tertiary alicyclic amines) is 1. The summed E-state index contributed by atoms with van der Waals surface area (Å²) in [6.07, 6.45) is 2.48. The molecular formula is C17H25NO. The van der Waals surface area contributed by atoms with Crippen molar-refractivity contribution in [3.63, 3.8) is 0 Å². The van der Waals surface area contributed by atoms with Gasteiger partial charge in [0.2, 0.25) is 0 Å². The van der Waals surface area contributed by atoms with E-state index < -0.39 is 0 Å². The molecule has 1 fully saturated rings. The second-order valence-electron chi connectivity index (χ2n) is 6.00. The molecule has 0 bridgehead atoms. The lowest BCUT2D eigenvalue weighted by molar-refractivity contribution is 0.0943. The largest absolute Gasteiger partial charge is 0.296 e. The summed E-state index contributed by atoms with van der Waals surface area (Å²) in [5.41, 5.74) is 2.15. The highest BCUT2D eigenvalue weighted by molar-refractivity contribution is 5.97. The Balaban J connectivity index is 1.93. The quantitative estimate of drug-likeness (QED) is 0.751. The third-order valence-corrected chi connectivity index (χ3v) is 4.21. The van der Waals surface area contributed by atoms with Crippen molar-refractivity contribution in [1.82, 2.24) is 4.90 Å². The molecule has 1 aliphatic heterocycles. The third kappa shape index (κ3) is 3.66. The van der Waals surface area contributed by atoms with Crippen molar-refractivity contribution in [3.05, 3.63) is 35.4 Å². The zero-order valence-corrected chi connectivity index (χ0v) is 12.4. The fourth-order valence-electron chi connectivity index (χ4n) is 2.74. The molecule has 0 spiro atoms. The summed E-state index contributed by atoms with van der Waals surface area (Å²) in [6.45, 7) is 9.33. The Kier molecular flexibility index (Phi) is 4.76. The van der Waals surface area contributed by atoms with Crippen LogP contribution in [0.1, 0.15) is 55.5 Å². The number of Topliss-reactive ketones (excluding diaryl/α,β-unsaturated/α-hetero) is 1. The summed E-state index contributed by atoms with van der Waals surface area (Å²) in [7, 11) is 0. The van der Waals surface area contributed by atoms with Crippen LogP contribution in [0.15, 0.2) is 24.3 Å². The standard InChI is InChI=1S/C17H25NO/c1-4-14-9-10-18(11-14)12-17(19)16-7-5-15(6-8-16)13(2)3/h5-8,13-14H,4,9-12H2,1-3H3. The highest BCUT2D eigenvalue weighted by atomic mass is 16.1. The maximum absolute atomic E-state index is 12.2. The normalized spacial score (nSPS) is 20.1. The molecule has 104 valence electrons. The van der Waals surface area contributed by atoms with Crippen molar-refractivity contribution >= 4 is 5.78 Å². The fraction of sp³-hybridized carbons (Fsp3) is 0.588. The van der Waals surface area contributed by atoms with E-state index in [0.717, 1.165) is 24.6 Å². The predicted octanol–water partition coefficient (Wildman–Crippen LogP) is 3.72. The topological polar surface area (TPSA) is 20.3 Å². The summed E-state index contributed by atoms with van der Waals surface area (Å²) in [4.78, 5) is 14.5. The van der Waals surface area contributed by atoms with Crippen LogP contribution in [0.25, 0.3) is 0 Å². The van der Waals surface area contributed by atoms with Crippen molar-refractivity contribution in [2.24, 2.45) is 5.92 Å². The lowest BCUT2D eigenvalue weighted by Gasteiger charge is -2.15. The van der Waals surface area contributed by atoms with Crippen LogP contribution in [0.5, 0.6) is 0 Å². The first-order valence-electron chi connectivity index (χ1n) is 7.45. The van der Waals surface area contributed by atoms with Gasteiger partial charge in [-0.25, -0.2) is 0 Å².